The largest absolute Gasteiger partial charge is 0.461 e. The molecular formula is C26H27N7O5. The number of nitrogens with zero attached hydrogens (tertiary/aromatic N) is 4. The Kier molecular flexibility index (Phi) is 8.17. The highest BCUT2D eigenvalue weighted by atomic mass is 16.6. The van der Waals surface area contributed by atoms with Gasteiger partial charge in [-0.25, -0.2) is 4.99 Å². The van der Waals surface area contributed by atoms with E-state index >= 15 is 0 Å². The van der Waals surface area contributed by atoms with Crippen molar-refractivity contribution >= 4 is 40.1 Å². The summed E-state index contributed by atoms with van der Waals surface area (Å²) in [4.78, 5) is 42.3. The number of nitro benzene ring substituents is 1. The number of nitro groups is 1. The first-order chi connectivity index (χ1) is 18.3. The van der Waals surface area contributed by atoms with Gasteiger partial charge in [0.2, 0.25) is 17.8 Å². The summed E-state index contributed by atoms with van der Waals surface area (Å²) < 4.78 is 5.59. The maximum absolute atomic E-state index is 13.3. The number of furan rings is 1. The van der Waals surface area contributed by atoms with Crippen molar-refractivity contribution in [2.45, 2.75) is 38.8 Å². The van der Waals surface area contributed by atoms with Crippen LogP contribution in [0.4, 0.5) is 11.4 Å². The number of rotatable bonds is 7. The maximum atomic E-state index is 13.3. The molecule has 196 valence electrons. The second kappa shape index (κ2) is 11.9. The molecule has 2 heterocycles. The van der Waals surface area contributed by atoms with E-state index in [0.29, 0.717) is 30.6 Å². The third-order valence-electron chi connectivity index (χ3n) is 6.06. The summed E-state index contributed by atoms with van der Waals surface area (Å²) in [6, 6.07) is 12.6. The van der Waals surface area contributed by atoms with Crippen LogP contribution in [0.3, 0.4) is 0 Å². The Balaban J connectivity index is 1.41. The van der Waals surface area contributed by atoms with E-state index < -0.39 is 11.0 Å². The fraction of sp³-hybridized carbons (Fsp3) is 0.308. The fourth-order valence-corrected chi connectivity index (χ4v) is 4.27. The molecule has 0 unspecified atom stereocenters. The molecule has 12 nitrogen and oxygen atoms in total. The Morgan fingerprint density at radius 1 is 1.26 bits per heavy atom. The van der Waals surface area contributed by atoms with Crippen molar-refractivity contribution in [2.24, 2.45) is 4.99 Å². The molecule has 38 heavy (non-hydrogen) atoms. The molecule has 12 heteroatoms. The molecule has 0 aliphatic carbocycles. The number of aliphatic imine (C=N–C) groups is 1. The predicted octanol–water partition coefficient (Wildman–Crippen LogP) is 3.19. The van der Waals surface area contributed by atoms with Crippen molar-refractivity contribution in [1.29, 1.82) is 5.26 Å². The molecule has 1 aliphatic heterocycles. The number of benzene rings is 2. The van der Waals surface area contributed by atoms with Gasteiger partial charge < -0.3 is 20.0 Å². The van der Waals surface area contributed by atoms with Crippen LogP contribution in [-0.2, 0) is 16.1 Å². The summed E-state index contributed by atoms with van der Waals surface area (Å²) in [7, 11) is 0. The van der Waals surface area contributed by atoms with Crippen LogP contribution in [0.5, 0.6) is 0 Å². The summed E-state index contributed by atoms with van der Waals surface area (Å²) >= 11 is 0. The number of guanidine groups is 1. The number of carbonyl (C=O) groups is 2. The van der Waals surface area contributed by atoms with Crippen LogP contribution in [0.15, 0.2) is 57.9 Å². The maximum Gasteiger partial charge on any atom is 0.269 e. The molecule has 1 aromatic heterocycles. The Morgan fingerprint density at radius 2 is 2.11 bits per heavy atom. The smallest absolute Gasteiger partial charge is 0.269 e. The van der Waals surface area contributed by atoms with Gasteiger partial charge in [0.1, 0.15) is 17.4 Å². The number of nitrogens with one attached hydrogen (secondary N) is 3. The number of aryl methyl sites for hydroxylation is 1. The van der Waals surface area contributed by atoms with Crippen molar-refractivity contribution in [2.75, 3.05) is 18.4 Å². The van der Waals surface area contributed by atoms with E-state index in [4.69, 9.17) is 4.42 Å². The topological polar surface area (TPSA) is 166 Å². The third-order valence-corrected chi connectivity index (χ3v) is 6.06. The quantitative estimate of drug-likeness (QED) is 0.107. The molecule has 2 amide bonds. The standard InChI is InChI=1S/C26H27N7O5/c1-17-11-19-13-20(8-9-23(19)38-17)30-26(29-16-27)31-22-7-2-3-10-32(25(22)35)15-24(34)28-14-18-5-4-6-21(12-18)33(36)37/h4-6,8-9,11-13,22H,2-3,7,10,14-15H2,1H3,(H,28,34)(H2,29,30,31)/t22-/m0/s1. The molecule has 0 radical (unpaired) electrons. The SMILES string of the molecule is Cc1cc2cc(NC(=N[C@H]3CCCCN(CC(=O)NCc4cccc([N+](=O)[O-])c4)C3=O)NC#N)ccc2o1. The molecule has 2 aromatic carbocycles. The monoisotopic (exact) mass is 517 g/mol. The van der Waals surface area contributed by atoms with Crippen LogP contribution in [-0.4, -0.2) is 46.7 Å². The average molecular weight is 518 g/mol. The van der Waals surface area contributed by atoms with Crippen molar-refractivity contribution in [3.8, 4) is 6.19 Å². The number of carbonyl (C=O) groups excluding carboxylic acids is 2. The normalized spacial score (nSPS) is 16.0. The van der Waals surface area contributed by atoms with Crippen LogP contribution in [0.1, 0.15) is 30.6 Å². The second-order valence-corrected chi connectivity index (χ2v) is 8.92. The minimum Gasteiger partial charge on any atom is -0.461 e. The number of hydrogen-bond acceptors (Lipinski definition) is 7. The van der Waals surface area contributed by atoms with Crippen LogP contribution in [0, 0.1) is 28.5 Å². The summed E-state index contributed by atoms with van der Waals surface area (Å²) in [5, 5.41) is 29.3. The summed E-state index contributed by atoms with van der Waals surface area (Å²) in [6.07, 6.45) is 3.76. The zero-order valence-electron chi connectivity index (χ0n) is 20.8. The molecule has 0 spiro atoms. The second-order valence-electron chi connectivity index (χ2n) is 8.92. The lowest BCUT2D eigenvalue weighted by molar-refractivity contribution is -0.384. The Hall–Kier alpha value is -4.92. The highest BCUT2D eigenvalue weighted by Crippen LogP contribution is 2.23. The zero-order valence-corrected chi connectivity index (χ0v) is 20.8. The van der Waals surface area contributed by atoms with E-state index in [9.17, 15) is 25.0 Å². The van der Waals surface area contributed by atoms with Gasteiger partial charge in [-0.05, 0) is 56.0 Å². The van der Waals surface area contributed by atoms with Crippen molar-refractivity contribution in [1.82, 2.24) is 15.5 Å². The van der Waals surface area contributed by atoms with Crippen molar-refractivity contribution in [3.63, 3.8) is 0 Å². The van der Waals surface area contributed by atoms with Gasteiger partial charge in [0.15, 0.2) is 6.19 Å². The zero-order chi connectivity index (χ0) is 27.1. The predicted molar refractivity (Wildman–Crippen MR) is 140 cm³/mol. The molecule has 1 atom stereocenters. The van der Waals surface area contributed by atoms with Crippen LogP contribution in [0.25, 0.3) is 11.0 Å². The highest BCUT2D eigenvalue weighted by Gasteiger charge is 2.28. The molecule has 1 fully saturated rings. The number of amides is 2. The van der Waals surface area contributed by atoms with Crippen molar-refractivity contribution < 1.29 is 18.9 Å². The van der Waals surface area contributed by atoms with E-state index in [1.807, 2.05) is 25.2 Å². The Morgan fingerprint density at radius 3 is 2.89 bits per heavy atom. The number of nitriles is 1. The van der Waals surface area contributed by atoms with E-state index in [-0.39, 0.29) is 36.6 Å². The molecule has 1 saturated heterocycles. The number of likely N-dealkylation sites (tertiary alicyclic amines) is 1. The van der Waals surface area contributed by atoms with Gasteiger partial charge in [-0.2, -0.15) is 5.26 Å². The van der Waals surface area contributed by atoms with Gasteiger partial charge in [0.05, 0.1) is 11.5 Å². The average Bonchev–Trinajstić information content (AvgIpc) is 3.18. The van der Waals surface area contributed by atoms with Gasteiger partial charge in [0.25, 0.3) is 5.69 Å². The molecule has 0 saturated carbocycles. The van der Waals surface area contributed by atoms with Gasteiger partial charge in [-0.1, -0.05) is 12.1 Å². The van der Waals surface area contributed by atoms with Gasteiger partial charge >= 0.3 is 0 Å². The lowest BCUT2D eigenvalue weighted by atomic mass is 10.1. The van der Waals surface area contributed by atoms with Crippen LogP contribution >= 0.6 is 0 Å². The molecule has 1 aliphatic rings. The molecular weight excluding hydrogens is 490 g/mol. The van der Waals surface area contributed by atoms with E-state index in [0.717, 1.165) is 23.2 Å². The lowest BCUT2D eigenvalue weighted by Crippen LogP contribution is -2.44. The minimum atomic E-state index is -0.773. The number of hydrogen-bond donors (Lipinski definition) is 3. The summed E-state index contributed by atoms with van der Waals surface area (Å²) in [5.41, 5.74) is 1.92. The van der Waals surface area contributed by atoms with Gasteiger partial charge in [0, 0.05) is 36.3 Å². The first-order valence-corrected chi connectivity index (χ1v) is 12.1. The third kappa shape index (κ3) is 6.64. The van der Waals surface area contributed by atoms with Crippen LogP contribution in [0.2, 0.25) is 0 Å². The first-order valence-electron chi connectivity index (χ1n) is 12.1. The van der Waals surface area contributed by atoms with E-state index in [2.05, 4.69) is 20.9 Å². The number of anilines is 1. The lowest BCUT2D eigenvalue weighted by Gasteiger charge is -2.22. The number of non-ortho nitro benzene ring substituents is 1. The molecule has 4 rings (SSSR count). The van der Waals surface area contributed by atoms with E-state index in [1.165, 1.54) is 17.0 Å². The Bertz CT molecular complexity index is 1420. The van der Waals surface area contributed by atoms with Crippen LogP contribution < -0.4 is 16.0 Å². The Labute approximate surface area is 218 Å². The van der Waals surface area contributed by atoms with Crippen molar-refractivity contribution in [3.05, 3.63) is 70.0 Å². The summed E-state index contributed by atoms with van der Waals surface area (Å²) in [6.45, 7) is 2.20. The summed E-state index contributed by atoms with van der Waals surface area (Å²) in [5.74, 6) is 0.210. The highest BCUT2D eigenvalue weighted by molar-refractivity contribution is 5.98. The van der Waals surface area contributed by atoms with Gasteiger partial charge in [-0.3, -0.25) is 25.0 Å². The molecule has 3 N–H and O–H groups in total. The minimum absolute atomic E-state index is 0.0599. The molecule has 3 aromatic rings. The first kappa shape index (κ1) is 26.2. The van der Waals surface area contributed by atoms with E-state index in [1.54, 1.807) is 24.3 Å². The number of fused-ring (bicyclic) bond motifs is 1. The fourth-order valence-electron chi connectivity index (χ4n) is 4.27. The van der Waals surface area contributed by atoms with Gasteiger partial charge in [-0.15, -0.1) is 0 Å². The molecule has 0 bridgehead atoms.